The first-order valence-corrected chi connectivity index (χ1v) is 6.42. The topological polar surface area (TPSA) is 55.1 Å². The molecule has 0 saturated heterocycles. The molecule has 0 aliphatic carbocycles. The molecule has 2 aromatic carbocycles. The third-order valence-corrected chi connectivity index (χ3v) is 3.05. The van der Waals surface area contributed by atoms with Gasteiger partial charge >= 0.3 is 0 Å². The maximum Gasteiger partial charge on any atom is 0.254 e. The van der Waals surface area contributed by atoms with Crippen molar-refractivity contribution in [2.75, 3.05) is 0 Å². The summed E-state index contributed by atoms with van der Waals surface area (Å²) in [7, 11) is 0. The van der Waals surface area contributed by atoms with Crippen molar-refractivity contribution >= 4 is 5.91 Å². The molecule has 0 aliphatic heterocycles. The van der Waals surface area contributed by atoms with Gasteiger partial charge in [0.05, 0.1) is 5.56 Å². The number of benzene rings is 2. The van der Waals surface area contributed by atoms with E-state index in [0.717, 1.165) is 16.7 Å². The summed E-state index contributed by atoms with van der Waals surface area (Å²) in [4.78, 5) is 11.9. The predicted molar refractivity (Wildman–Crippen MR) is 76.6 cm³/mol. The molecule has 3 N–H and O–H groups in total. The zero-order valence-corrected chi connectivity index (χ0v) is 11.3. The number of nitrogens with one attached hydrogen (secondary N) is 1. The largest absolute Gasteiger partial charge is 0.348 e. The van der Waals surface area contributed by atoms with Crippen molar-refractivity contribution in [3.8, 4) is 0 Å². The lowest BCUT2D eigenvalue weighted by Crippen LogP contribution is -2.24. The maximum absolute atomic E-state index is 13.7. The van der Waals surface area contributed by atoms with Gasteiger partial charge in [0.1, 0.15) is 5.82 Å². The highest BCUT2D eigenvalue weighted by Crippen LogP contribution is 2.10. The van der Waals surface area contributed by atoms with E-state index in [-0.39, 0.29) is 5.56 Å². The fourth-order valence-corrected chi connectivity index (χ4v) is 1.95. The van der Waals surface area contributed by atoms with Crippen LogP contribution in [0.25, 0.3) is 0 Å². The van der Waals surface area contributed by atoms with Gasteiger partial charge in [-0.15, -0.1) is 0 Å². The lowest BCUT2D eigenvalue weighted by molar-refractivity contribution is 0.0947. The monoisotopic (exact) mass is 272 g/mol. The fraction of sp³-hybridized carbons (Fsp3) is 0.188. The molecule has 0 atom stereocenters. The van der Waals surface area contributed by atoms with Gasteiger partial charge in [0.15, 0.2) is 0 Å². The van der Waals surface area contributed by atoms with Gasteiger partial charge in [0.25, 0.3) is 5.91 Å². The molecule has 0 radical (unpaired) electrons. The van der Waals surface area contributed by atoms with Gasteiger partial charge < -0.3 is 11.1 Å². The molecule has 20 heavy (non-hydrogen) atoms. The maximum atomic E-state index is 13.7. The molecule has 0 bridgehead atoms. The Morgan fingerprint density at radius 1 is 1.20 bits per heavy atom. The van der Waals surface area contributed by atoms with Crippen LogP contribution in [0.4, 0.5) is 4.39 Å². The highest BCUT2D eigenvalue weighted by molar-refractivity contribution is 5.94. The van der Waals surface area contributed by atoms with Crippen LogP contribution < -0.4 is 11.1 Å². The molecule has 0 saturated carbocycles. The van der Waals surface area contributed by atoms with E-state index in [9.17, 15) is 9.18 Å². The number of halogens is 1. The van der Waals surface area contributed by atoms with E-state index in [1.165, 1.54) is 12.1 Å². The SMILES string of the molecule is Cc1ccc(C(=O)NCc2cccc(CN)c2)c(F)c1. The van der Waals surface area contributed by atoms with Crippen molar-refractivity contribution in [2.24, 2.45) is 5.73 Å². The second kappa shape index (κ2) is 6.30. The number of aryl methyl sites for hydroxylation is 1. The number of hydrogen-bond donors (Lipinski definition) is 2. The van der Waals surface area contributed by atoms with Crippen molar-refractivity contribution in [2.45, 2.75) is 20.0 Å². The molecule has 4 heteroatoms. The van der Waals surface area contributed by atoms with Crippen LogP contribution in [0.5, 0.6) is 0 Å². The number of amides is 1. The first-order chi connectivity index (χ1) is 9.60. The molecule has 0 fully saturated rings. The molecule has 104 valence electrons. The Bertz CT molecular complexity index is 626. The Morgan fingerprint density at radius 3 is 2.65 bits per heavy atom. The molecule has 2 rings (SSSR count). The average molecular weight is 272 g/mol. The second-order valence-corrected chi connectivity index (χ2v) is 4.69. The first-order valence-electron chi connectivity index (χ1n) is 6.42. The van der Waals surface area contributed by atoms with Gasteiger partial charge in [0.2, 0.25) is 0 Å². The van der Waals surface area contributed by atoms with Crippen LogP contribution in [-0.4, -0.2) is 5.91 Å². The zero-order chi connectivity index (χ0) is 14.5. The van der Waals surface area contributed by atoms with Gasteiger partial charge in [-0.1, -0.05) is 30.3 Å². The van der Waals surface area contributed by atoms with E-state index in [1.807, 2.05) is 24.3 Å². The molecule has 2 aromatic rings. The lowest BCUT2D eigenvalue weighted by Gasteiger charge is -2.08. The minimum Gasteiger partial charge on any atom is -0.348 e. The zero-order valence-electron chi connectivity index (χ0n) is 11.3. The summed E-state index contributed by atoms with van der Waals surface area (Å²) in [5.74, 6) is -0.918. The van der Waals surface area contributed by atoms with Crippen molar-refractivity contribution in [1.29, 1.82) is 0 Å². The van der Waals surface area contributed by atoms with E-state index in [0.29, 0.717) is 13.1 Å². The minimum absolute atomic E-state index is 0.0607. The van der Waals surface area contributed by atoms with E-state index in [4.69, 9.17) is 5.73 Å². The van der Waals surface area contributed by atoms with Crippen LogP contribution in [0.2, 0.25) is 0 Å². The molecule has 0 heterocycles. The van der Waals surface area contributed by atoms with E-state index in [1.54, 1.807) is 13.0 Å². The molecule has 1 amide bonds. The molecule has 0 aromatic heterocycles. The molecular formula is C16H17FN2O. The minimum atomic E-state index is -0.502. The average Bonchev–Trinajstić information content (AvgIpc) is 2.45. The Balaban J connectivity index is 2.04. The Kier molecular flexibility index (Phi) is 4.48. The standard InChI is InChI=1S/C16H17FN2O/c1-11-5-6-14(15(17)7-11)16(20)19-10-13-4-2-3-12(8-13)9-18/h2-8H,9-10,18H2,1H3,(H,19,20). The summed E-state index contributed by atoms with van der Waals surface area (Å²) in [5.41, 5.74) is 8.35. The molecular weight excluding hydrogens is 255 g/mol. The van der Waals surface area contributed by atoms with Gasteiger partial charge in [-0.3, -0.25) is 4.79 Å². The number of rotatable bonds is 4. The highest BCUT2D eigenvalue weighted by Gasteiger charge is 2.11. The van der Waals surface area contributed by atoms with E-state index >= 15 is 0 Å². The number of nitrogens with two attached hydrogens (primary N) is 1. The molecule has 0 unspecified atom stereocenters. The highest BCUT2D eigenvalue weighted by atomic mass is 19.1. The van der Waals surface area contributed by atoms with Crippen LogP contribution in [-0.2, 0) is 13.1 Å². The normalized spacial score (nSPS) is 10.3. The van der Waals surface area contributed by atoms with Crippen molar-refractivity contribution in [3.05, 3.63) is 70.5 Å². The summed E-state index contributed by atoms with van der Waals surface area (Å²) in [6.07, 6.45) is 0. The lowest BCUT2D eigenvalue weighted by atomic mass is 10.1. The Labute approximate surface area is 117 Å². The number of carbonyl (C=O) groups is 1. The smallest absolute Gasteiger partial charge is 0.254 e. The third kappa shape index (κ3) is 3.42. The van der Waals surface area contributed by atoms with E-state index < -0.39 is 11.7 Å². The van der Waals surface area contributed by atoms with Gasteiger partial charge in [-0.25, -0.2) is 4.39 Å². The summed E-state index contributed by atoms with van der Waals surface area (Å²) >= 11 is 0. The first kappa shape index (κ1) is 14.2. The van der Waals surface area contributed by atoms with Crippen LogP contribution in [0.15, 0.2) is 42.5 Å². The van der Waals surface area contributed by atoms with Crippen LogP contribution in [0.3, 0.4) is 0 Å². The third-order valence-electron chi connectivity index (χ3n) is 3.05. The van der Waals surface area contributed by atoms with Crippen molar-refractivity contribution < 1.29 is 9.18 Å². The van der Waals surface area contributed by atoms with Crippen molar-refractivity contribution in [3.63, 3.8) is 0 Å². The summed E-state index contributed by atoms with van der Waals surface area (Å²) in [6, 6.07) is 12.2. The predicted octanol–water partition coefficient (Wildman–Crippen LogP) is 2.52. The van der Waals surface area contributed by atoms with Crippen molar-refractivity contribution in [1.82, 2.24) is 5.32 Å². The molecule has 3 nitrogen and oxygen atoms in total. The summed E-state index contributed by atoms with van der Waals surface area (Å²) < 4.78 is 13.7. The quantitative estimate of drug-likeness (QED) is 0.898. The Hall–Kier alpha value is -2.20. The van der Waals surface area contributed by atoms with Gasteiger partial charge in [-0.05, 0) is 35.7 Å². The fourth-order valence-electron chi connectivity index (χ4n) is 1.95. The number of carbonyl (C=O) groups excluding carboxylic acids is 1. The summed E-state index contributed by atoms with van der Waals surface area (Å²) in [5, 5.41) is 2.71. The summed E-state index contributed by atoms with van der Waals surface area (Å²) in [6.45, 7) is 2.58. The van der Waals surface area contributed by atoms with E-state index in [2.05, 4.69) is 5.32 Å². The van der Waals surface area contributed by atoms with Crippen LogP contribution in [0.1, 0.15) is 27.0 Å². The van der Waals surface area contributed by atoms with Gasteiger partial charge in [-0.2, -0.15) is 0 Å². The molecule has 0 aliphatic rings. The Morgan fingerprint density at radius 2 is 1.95 bits per heavy atom. The second-order valence-electron chi connectivity index (χ2n) is 4.69. The number of hydrogen-bond acceptors (Lipinski definition) is 2. The van der Waals surface area contributed by atoms with Crippen LogP contribution in [0, 0.1) is 12.7 Å². The molecule has 0 spiro atoms. The van der Waals surface area contributed by atoms with Gasteiger partial charge in [0, 0.05) is 13.1 Å². The van der Waals surface area contributed by atoms with Crippen LogP contribution >= 0.6 is 0 Å².